The second-order valence-corrected chi connectivity index (χ2v) is 29.4. The molecule has 1 fully saturated rings. The highest BCUT2D eigenvalue weighted by Crippen LogP contribution is 2.23. The fourth-order valence-corrected chi connectivity index (χ4v) is 8.32. The first-order chi connectivity index (χ1) is 58.3. The third-order valence-corrected chi connectivity index (χ3v) is 14.0. The standard InChI is InChI=1S/C17H27NO5.C17H21NO5.C15H25NO5.C14H23NO5.C13H21NO5.C12H19NO5/c2*1-13(2)23-16(20)10-9-15(19)22-12-6-11-18-17(21)14-7-4-3-5-8-14;1-11(2)21-13(18)8-7-12(17)20-10-6-9-16-14(19)15(3,4)5;1-10(2)14(18)15-8-5-9-19-12(16)6-7-13(17)20-11(3)4;1-4-11(15)14-8-5-9-18-12(16)6-7-13(17)19-10(2)3;1-9(2)18-12(16)6-5-11(15)17-8-4-7-13-10(3)14/h9-10,13-14H,3-8,11-12H2,1-2H3,(H,18,21);3-5,7-10,13H,6,11-12H2,1-2H3,(H,18,21);7-8,11H,6,9-10H2,1-5H3,(H,16,19);6-7,10-11H,5,8-9H2,1-4H3,(H,15,18);6-7,10H,4-5,8-9H2,1-3H3,(H,14,15);5-6,9H,4,7-8H2,1-3H3,(H,13,14)/b2*10-9+;8-7+;2*7-6+;6-5+. The van der Waals surface area contributed by atoms with Gasteiger partial charge in [-0.2, -0.15) is 0 Å². The number of benzene rings is 1. The number of carbonyl (C=O) groups is 18. The van der Waals surface area contributed by atoms with E-state index in [1.54, 1.807) is 128 Å². The number of rotatable bonds is 46. The predicted molar refractivity (Wildman–Crippen MR) is 456 cm³/mol. The number of carbonyl (C=O) groups excluding carboxylic acids is 18. The Morgan fingerprint density at radius 1 is 0.339 bits per heavy atom. The average Bonchev–Trinajstić information content (AvgIpc) is 0.926. The lowest BCUT2D eigenvalue weighted by Gasteiger charge is -2.20. The largest absolute Gasteiger partial charge is 0.462 e. The summed E-state index contributed by atoms with van der Waals surface area (Å²) < 4.78 is 58.1. The van der Waals surface area contributed by atoms with Crippen LogP contribution in [0.1, 0.15) is 219 Å². The van der Waals surface area contributed by atoms with Crippen molar-refractivity contribution in [2.45, 2.75) is 245 Å². The molecular weight excluding hydrogens is 1620 g/mol. The molecule has 0 aromatic heterocycles. The Morgan fingerprint density at radius 2 is 0.597 bits per heavy atom. The number of esters is 12. The number of hydrogen-bond donors (Lipinski definition) is 6. The van der Waals surface area contributed by atoms with Crippen molar-refractivity contribution >= 4 is 107 Å². The predicted octanol–water partition coefficient (Wildman–Crippen LogP) is 8.29. The van der Waals surface area contributed by atoms with E-state index in [9.17, 15) is 86.3 Å². The molecule has 0 spiro atoms. The fraction of sp³-hybridized carbons (Fsp3) is 0.591. The molecule has 1 aromatic rings. The Morgan fingerprint density at radius 3 is 0.863 bits per heavy atom. The van der Waals surface area contributed by atoms with E-state index in [2.05, 4.69) is 31.9 Å². The summed E-state index contributed by atoms with van der Waals surface area (Å²) in [4.78, 5) is 202. The topological polar surface area (TPSA) is 490 Å². The minimum Gasteiger partial charge on any atom is -0.462 e. The van der Waals surface area contributed by atoms with Crippen LogP contribution in [0.2, 0.25) is 0 Å². The van der Waals surface area contributed by atoms with Gasteiger partial charge in [0.15, 0.2) is 0 Å². The first-order valence-corrected chi connectivity index (χ1v) is 41.3. The van der Waals surface area contributed by atoms with Crippen molar-refractivity contribution < 1.29 is 143 Å². The second-order valence-electron chi connectivity index (χ2n) is 29.4. The molecule has 6 N–H and O–H groups in total. The van der Waals surface area contributed by atoms with Crippen LogP contribution in [0, 0.1) is 17.3 Å². The zero-order valence-electron chi connectivity index (χ0n) is 75.7. The van der Waals surface area contributed by atoms with Crippen molar-refractivity contribution in [3.8, 4) is 0 Å². The van der Waals surface area contributed by atoms with E-state index in [0.717, 1.165) is 98.6 Å². The number of ether oxygens (including phenoxy) is 12. The summed E-state index contributed by atoms with van der Waals surface area (Å²) in [6.45, 7) is 36.6. The molecular formula is C88H136N6O30. The first-order valence-electron chi connectivity index (χ1n) is 41.3. The van der Waals surface area contributed by atoms with Gasteiger partial charge in [0.05, 0.1) is 76.3 Å². The Bertz CT molecular complexity index is 3560. The van der Waals surface area contributed by atoms with Gasteiger partial charge in [-0.15, -0.1) is 0 Å². The van der Waals surface area contributed by atoms with Gasteiger partial charge in [-0.25, -0.2) is 57.5 Å². The molecule has 698 valence electrons. The monoisotopic (exact) mass is 1760 g/mol. The van der Waals surface area contributed by atoms with Crippen LogP contribution in [0.4, 0.5) is 0 Å². The van der Waals surface area contributed by atoms with Gasteiger partial charge >= 0.3 is 71.6 Å². The molecule has 0 atom stereocenters. The number of nitrogens with one attached hydrogen (secondary N) is 6. The second kappa shape index (κ2) is 74.9. The van der Waals surface area contributed by atoms with Crippen LogP contribution in [0.25, 0.3) is 0 Å². The Labute approximate surface area is 729 Å². The minimum absolute atomic E-state index is 0.0346. The number of amides is 6. The maximum absolute atomic E-state index is 11.9. The molecule has 0 heterocycles. The van der Waals surface area contributed by atoms with Crippen LogP contribution < -0.4 is 31.9 Å². The summed E-state index contributed by atoms with van der Waals surface area (Å²) in [5.74, 6) is -7.40. The van der Waals surface area contributed by atoms with E-state index in [-0.39, 0.29) is 124 Å². The molecule has 0 saturated heterocycles. The van der Waals surface area contributed by atoms with E-state index in [1.165, 1.54) is 13.3 Å². The molecule has 0 bridgehead atoms. The van der Waals surface area contributed by atoms with Gasteiger partial charge in [-0.1, -0.05) is 79.0 Å². The highest BCUT2D eigenvalue weighted by molar-refractivity contribution is 5.96. The van der Waals surface area contributed by atoms with Gasteiger partial charge in [0, 0.05) is 148 Å². The summed E-state index contributed by atoms with van der Waals surface area (Å²) in [7, 11) is 0. The molecule has 2 rings (SSSR count). The van der Waals surface area contributed by atoms with Gasteiger partial charge in [0.2, 0.25) is 29.5 Å². The van der Waals surface area contributed by atoms with Crippen molar-refractivity contribution in [2.24, 2.45) is 17.3 Å². The van der Waals surface area contributed by atoms with Crippen LogP contribution in [-0.2, 0) is 138 Å². The van der Waals surface area contributed by atoms with E-state index in [0.29, 0.717) is 89.8 Å². The molecule has 36 nitrogen and oxygen atoms in total. The van der Waals surface area contributed by atoms with Gasteiger partial charge in [-0.05, 0) is 147 Å². The third kappa shape index (κ3) is 82.4. The summed E-state index contributed by atoms with van der Waals surface area (Å²) in [6.07, 6.45) is 19.9. The molecule has 1 aliphatic carbocycles. The molecule has 36 heteroatoms. The van der Waals surface area contributed by atoms with Crippen molar-refractivity contribution in [3.63, 3.8) is 0 Å². The Balaban J connectivity index is -0.000000698. The lowest BCUT2D eigenvalue weighted by atomic mass is 9.89. The smallest absolute Gasteiger partial charge is 0.331 e. The fourth-order valence-electron chi connectivity index (χ4n) is 8.32. The van der Waals surface area contributed by atoms with E-state index < -0.39 is 77.0 Å². The molecule has 124 heavy (non-hydrogen) atoms. The van der Waals surface area contributed by atoms with Crippen molar-refractivity contribution in [1.29, 1.82) is 0 Å². The maximum atomic E-state index is 11.9. The SMILES string of the molecule is CC(=O)NCCCOC(=O)/C=C/C(=O)OC(C)C.CC(C)OC(=O)/C=C/C(=O)OCCCNC(=O)C(C)(C)C.CC(C)OC(=O)/C=C/C(=O)OCCCNC(=O)C(C)C.CC(C)OC(=O)/C=C/C(=O)OCCCNC(=O)C1CCCCC1.CC(C)OC(=O)/C=C/C(=O)OCCCNC(=O)c1ccccc1.CCC(=O)NCCCOC(=O)/C=C/C(=O)OC(C)C. The number of hydrogen-bond acceptors (Lipinski definition) is 30. The van der Waals surface area contributed by atoms with Crippen LogP contribution in [0.3, 0.4) is 0 Å². The average molecular weight is 1760 g/mol. The summed E-state index contributed by atoms with van der Waals surface area (Å²) in [5.41, 5.74) is 0.145. The van der Waals surface area contributed by atoms with Gasteiger partial charge < -0.3 is 88.7 Å². The van der Waals surface area contributed by atoms with E-state index in [1.807, 2.05) is 26.8 Å². The Kier molecular flexibility index (Phi) is 71.5. The van der Waals surface area contributed by atoms with Crippen LogP contribution in [0.15, 0.2) is 103 Å². The Hall–Kier alpha value is -11.9. The first kappa shape index (κ1) is 118. The minimum atomic E-state index is -0.625. The van der Waals surface area contributed by atoms with Crippen molar-refractivity contribution in [2.75, 3.05) is 78.9 Å². The van der Waals surface area contributed by atoms with Crippen LogP contribution in [0.5, 0.6) is 0 Å². The lowest BCUT2D eigenvalue weighted by Crippen LogP contribution is -2.35. The molecule has 1 aromatic carbocycles. The maximum Gasteiger partial charge on any atom is 0.331 e. The molecule has 0 unspecified atom stereocenters. The summed E-state index contributed by atoms with van der Waals surface area (Å²) in [6, 6.07) is 8.84. The van der Waals surface area contributed by atoms with Gasteiger partial charge in [0.1, 0.15) is 0 Å². The molecule has 0 radical (unpaired) electrons. The normalized spacial score (nSPS) is 11.7. The van der Waals surface area contributed by atoms with Crippen molar-refractivity contribution in [1.82, 2.24) is 31.9 Å². The quantitative estimate of drug-likeness (QED) is 0.0155. The summed E-state index contributed by atoms with van der Waals surface area (Å²) >= 11 is 0. The van der Waals surface area contributed by atoms with Crippen molar-refractivity contribution in [3.05, 3.63) is 109 Å². The van der Waals surface area contributed by atoms with Crippen LogP contribution >= 0.6 is 0 Å². The molecule has 1 saturated carbocycles. The van der Waals surface area contributed by atoms with E-state index in [4.69, 9.17) is 56.8 Å². The molecule has 1 aliphatic rings. The van der Waals surface area contributed by atoms with E-state index >= 15 is 0 Å². The van der Waals surface area contributed by atoms with Gasteiger partial charge in [0.25, 0.3) is 5.91 Å². The lowest BCUT2D eigenvalue weighted by molar-refractivity contribution is -0.143. The molecule has 6 amide bonds. The highest BCUT2D eigenvalue weighted by atomic mass is 16.6. The zero-order chi connectivity index (χ0) is 94.8. The molecule has 0 aliphatic heterocycles. The van der Waals surface area contributed by atoms with Gasteiger partial charge in [-0.3, -0.25) is 28.8 Å². The zero-order valence-corrected chi connectivity index (χ0v) is 75.7. The third-order valence-electron chi connectivity index (χ3n) is 14.0. The van der Waals surface area contributed by atoms with Crippen LogP contribution in [-0.4, -0.2) is 223 Å². The highest BCUT2D eigenvalue weighted by Gasteiger charge is 2.22. The summed E-state index contributed by atoms with van der Waals surface area (Å²) in [5, 5.41) is 16.3.